The Morgan fingerprint density at radius 3 is 2.39 bits per heavy atom. The molecular weight excluding hydrogens is 296 g/mol. The number of benzene rings is 1. The van der Waals surface area contributed by atoms with E-state index < -0.39 is 0 Å². The molecule has 0 N–H and O–H groups in total. The zero-order valence-corrected chi connectivity index (χ0v) is 12.9. The molecule has 2 aliphatic rings. The van der Waals surface area contributed by atoms with Crippen molar-refractivity contribution in [1.29, 1.82) is 0 Å². The lowest BCUT2D eigenvalue weighted by Crippen LogP contribution is -2.49. The maximum absolute atomic E-state index is 12.6. The summed E-state index contributed by atoms with van der Waals surface area (Å²) in [5.41, 5.74) is 1.31. The molecule has 1 heterocycles. The average Bonchev–Trinajstić information content (AvgIpc) is 2.58. The van der Waals surface area contributed by atoms with Crippen molar-refractivity contribution in [1.82, 2.24) is 9.80 Å². The second kappa shape index (κ2) is 6.24. The fraction of sp³-hybridized carbons (Fsp3) is 0.353. The van der Waals surface area contributed by atoms with E-state index in [9.17, 15) is 14.4 Å². The zero-order valence-electron chi connectivity index (χ0n) is 12.9. The number of amides is 1. The van der Waals surface area contributed by atoms with Crippen LogP contribution in [0.1, 0.15) is 27.6 Å². The highest BCUT2D eigenvalue weighted by molar-refractivity contribution is 6.24. The van der Waals surface area contributed by atoms with E-state index in [1.54, 1.807) is 36.1 Å². The molecule has 0 aromatic heterocycles. The molecule has 1 aliphatic carbocycles. The molecule has 3 rings (SSSR count). The second-order valence-electron chi connectivity index (χ2n) is 5.44. The van der Waals surface area contributed by atoms with Crippen LogP contribution in [-0.2, 0) is 4.74 Å². The van der Waals surface area contributed by atoms with Gasteiger partial charge in [0.05, 0.1) is 12.3 Å². The van der Waals surface area contributed by atoms with Crippen LogP contribution in [0.3, 0.4) is 0 Å². The van der Waals surface area contributed by atoms with Gasteiger partial charge in [0.2, 0.25) is 5.78 Å². The number of fused-ring (bicyclic) bond motifs is 1. The lowest BCUT2D eigenvalue weighted by molar-refractivity contribution is 0.0807. The van der Waals surface area contributed by atoms with Crippen molar-refractivity contribution >= 4 is 17.7 Å². The molecule has 0 bridgehead atoms. The summed E-state index contributed by atoms with van der Waals surface area (Å²) in [4.78, 5) is 40.0. The summed E-state index contributed by atoms with van der Waals surface area (Å²) in [5.74, 6) is -0.284. The SMILES string of the molecule is CCOC(=O)N1CCN(C2=CC(=O)c3ccccc3C2=O)CC1. The summed E-state index contributed by atoms with van der Waals surface area (Å²) in [7, 11) is 0. The lowest BCUT2D eigenvalue weighted by Gasteiger charge is -2.36. The molecule has 0 spiro atoms. The van der Waals surface area contributed by atoms with Crippen molar-refractivity contribution in [2.24, 2.45) is 0 Å². The zero-order chi connectivity index (χ0) is 16.4. The molecule has 0 unspecified atom stereocenters. The number of carbonyl (C=O) groups excluding carboxylic acids is 3. The monoisotopic (exact) mass is 314 g/mol. The maximum Gasteiger partial charge on any atom is 0.409 e. The Bertz CT molecular complexity index is 688. The first kappa shape index (κ1) is 15.3. The fourth-order valence-electron chi connectivity index (χ4n) is 2.88. The molecule has 0 saturated carbocycles. The minimum absolute atomic E-state index is 0.134. The predicted molar refractivity (Wildman–Crippen MR) is 83.4 cm³/mol. The number of nitrogens with zero attached hydrogens (tertiary/aromatic N) is 2. The number of ether oxygens (including phenoxy) is 1. The van der Waals surface area contributed by atoms with Crippen LogP contribution in [0.15, 0.2) is 36.0 Å². The third-order valence-corrected chi connectivity index (χ3v) is 4.08. The Hall–Kier alpha value is -2.63. The van der Waals surface area contributed by atoms with Crippen LogP contribution in [0.25, 0.3) is 0 Å². The van der Waals surface area contributed by atoms with Gasteiger partial charge in [0.25, 0.3) is 0 Å². The van der Waals surface area contributed by atoms with E-state index in [0.717, 1.165) is 0 Å². The third kappa shape index (κ3) is 2.84. The van der Waals surface area contributed by atoms with Gasteiger partial charge in [-0.1, -0.05) is 24.3 Å². The van der Waals surface area contributed by atoms with Crippen molar-refractivity contribution in [2.45, 2.75) is 6.92 Å². The minimum Gasteiger partial charge on any atom is -0.450 e. The van der Waals surface area contributed by atoms with Gasteiger partial charge < -0.3 is 14.5 Å². The molecule has 1 aliphatic heterocycles. The molecular formula is C17H18N2O4. The van der Waals surface area contributed by atoms with Crippen LogP contribution in [-0.4, -0.2) is 60.2 Å². The Kier molecular flexibility index (Phi) is 4.14. The summed E-state index contributed by atoms with van der Waals surface area (Å²) in [6, 6.07) is 6.85. The van der Waals surface area contributed by atoms with Crippen molar-refractivity contribution in [3.05, 3.63) is 47.2 Å². The summed E-state index contributed by atoms with van der Waals surface area (Å²) in [6.45, 7) is 4.06. The summed E-state index contributed by atoms with van der Waals surface area (Å²) in [5, 5.41) is 0. The highest BCUT2D eigenvalue weighted by atomic mass is 16.6. The number of hydrogen-bond donors (Lipinski definition) is 0. The molecule has 120 valence electrons. The van der Waals surface area contributed by atoms with Gasteiger partial charge in [-0.05, 0) is 6.92 Å². The average molecular weight is 314 g/mol. The molecule has 1 fully saturated rings. The second-order valence-corrected chi connectivity index (χ2v) is 5.44. The van der Waals surface area contributed by atoms with Crippen LogP contribution >= 0.6 is 0 Å². The van der Waals surface area contributed by atoms with Gasteiger partial charge in [0.15, 0.2) is 5.78 Å². The van der Waals surface area contributed by atoms with Gasteiger partial charge in [-0.15, -0.1) is 0 Å². The minimum atomic E-state index is -0.336. The van der Waals surface area contributed by atoms with E-state index >= 15 is 0 Å². The van der Waals surface area contributed by atoms with E-state index in [0.29, 0.717) is 49.6 Å². The molecule has 1 saturated heterocycles. The molecule has 6 heteroatoms. The van der Waals surface area contributed by atoms with E-state index in [4.69, 9.17) is 4.74 Å². The van der Waals surface area contributed by atoms with Crippen molar-refractivity contribution < 1.29 is 19.1 Å². The van der Waals surface area contributed by atoms with E-state index in [1.165, 1.54) is 6.08 Å². The number of piperazine rings is 1. The normalized spacial score (nSPS) is 17.7. The standard InChI is InChI=1S/C17H18N2O4/c1-2-23-17(22)19-9-7-18(8-10-19)14-11-15(20)12-5-3-4-6-13(12)16(14)21/h3-6,11H,2,7-10H2,1H3. The first-order chi connectivity index (χ1) is 11.1. The summed E-state index contributed by atoms with van der Waals surface area (Å²) in [6.07, 6.45) is 1.07. The van der Waals surface area contributed by atoms with Crippen molar-refractivity contribution in [2.75, 3.05) is 32.8 Å². The van der Waals surface area contributed by atoms with Crippen LogP contribution in [0.5, 0.6) is 0 Å². The Balaban J connectivity index is 1.73. The largest absolute Gasteiger partial charge is 0.450 e. The smallest absolute Gasteiger partial charge is 0.409 e. The number of hydrogen-bond acceptors (Lipinski definition) is 5. The summed E-state index contributed by atoms with van der Waals surface area (Å²) >= 11 is 0. The highest BCUT2D eigenvalue weighted by Crippen LogP contribution is 2.24. The van der Waals surface area contributed by atoms with Crippen LogP contribution in [0.2, 0.25) is 0 Å². The Labute approximate surface area is 134 Å². The molecule has 1 aromatic rings. The number of carbonyl (C=O) groups is 3. The number of ketones is 2. The van der Waals surface area contributed by atoms with Gasteiger partial charge in [-0.25, -0.2) is 4.79 Å². The molecule has 0 radical (unpaired) electrons. The Morgan fingerprint density at radius 2 is 1.74 bits per heavy atom. The number of allylic oxidation sites excluding steroid dienone is 2. The topological polar surface area (TPSA) is 66.9 Å². The first-order valence-corrected chi connectivity index (χ1v) is 7.68. The van der Waals surface area contributed by atoms with Crippen LogP contribution < -0.4 is 0 Å². The van der Waals surface area contributed by atoms with Gasteiger partial charge in [0, 0.05) is 43.4 Å². The lowest BCUT2D eigenvalue weighted by atomic mass is 9.92. The molecule has 23 heavy (non-hydrogen) atoms. The van der Waals surface area contributed by atoms with E-state index in [-0.39, 0.29) is 17.7 Å². The van der Waals surface area contributed by atoms with Crippen molar-refractivity contribution in [3.8, 4) is 0 Å². The first-order valence-electron chi connectivity index (χ1n) is 7.68. The molecule has 1 aromatic carbocycles. The van der Waals surface area contributed by atoms with Gasteiger partial charge in [-0.2, -0.15) is 0 Å². The number of Topliss-reactive ketones (excluding diaryl/α,β-unsaturated/α-hetero) is 1. The quantitative estimate of drug-likeness (QED) is 0.831. The molecule has 1 amide bonds. The summed E-state index contributed by atoms with van der Waals surface area (Å²) < 4.78 is 4.98. The number of rotatable bonds is 2. The highest BCUT2D eigenvalue weighted by Gasteiger charge is 2.31. The molecule has 6 nitrogen and oxygen atoms in total. The van der Waals surface area contributed by atoms with Gasteiger partial charge in [-0.3, -0.25) is 9.59 Å². The van der Waals surface area contributed by atoms with Gasteiger partial charge >= 0.3 is 6.09 Å². The van der Waals surface area contributed by atoms with Gasteiger partial charge in [0.1, 0.15) is 0 Å². The Morgan fingerprint density at radius 1 is 1.09 bits per heavy atom. The van der Waals surface area contributed by atoms with Crippen LogP contribution in [0, 0.1) is 0 Å². The fourth-order valence-corrected chi connectivity index (χ4v) is 2.88. The van der Waals surface area contributed by atoms with E-state index in [2.05, 4.69) is 0 Å². The van der Waals surface area contributed by atoms with Crippen molar-refractivity contribution in [3.63, 3.8) is 0 Å². The third-order valence-electron chi connectivity index (χ3n) is 4.08. The maximum atomic E-state index is 12.6. The predicted octanol–water partition coefficient (Wildman–Crippen LogP) is 1.72. The molecule has 0 atom stereocenters. The van der Waals surface area contributed by atoms with Crippen LogP contribution in [0.4, 0.5) is 4.79 Å². The van der Waals surface area contributed by atoms with E-state index in [1.807, 2.05) is 4.90 Å².